The first-order valence-corrected chi connectivity index (χ1v) is 7.32. The highest BCUT2D eigenvalue weighted by Crippen LogP contribution is 2.39. The summed E-state index contributed by atoms with van der Waals surface area (Å²) in [5.74, 6) is 1.87. The zero-order valence-corrected chi connectivity index (χ0v) is 12.1. The van der Waals surface area contributed by atoms with E-state index in [0.717, 1.165) is 31.7 Å². The van der Waals surface area contributed by atoms with Crippen LogP contribution in [0.5, 0.6) is 0 Å². The number of carbonyl (C=O) groups excluding carboxylic acids is 1. The van der Waals surface area contributed by atoms with Gasteiger partial charge in [-0.05, 0) is 43.4 Å². The van der Waals surface area contributed by atoms with Gasteiger partial charge in [0.25, 0.3) is 0 Å². The van der Waals surface area contributed by atoms with Gasteiger partial charge in [0.15, 0.2) is 0 Å². The minimum atomic E-state index is 0.238. The quantitative estimate of drug-likeness (QED) is 0.607. The molecule has 1 rings (SSSR count). The summed E-state index contributed by atoms with van der Waals surface area (Å²) in [5, 5.41) is 2.98. The van der Waals surface area contributed by atoms with E-state index in [1.54, 1.807) is 0 Å². The number of amides is 1. The van der Waals surface area contributed by atoms with Crippen molar-refractivity contribution in [2.75, 3.05) is 12.4 Å². The fourth-order valence-electron chi connectivity index (χ4n) is 2.64. The molecule has 100 valence electrons. The SMILES string of the molecule is CC(C)(C)C1CCC(C(=O)NCCCCl)CC1. The van der Waals surface area contributed by atoms with Gasteiger partial charge in [-0.2, -0.15) is 0 Å². The zero-order valence-electron chi connectivity index (χ0n) is 11.4. The van der Waals surface area contributed by atoms with Crippen LogP contribution in [0.1, 0.15) is 52.9 Å². The molecule has 3 heteroatoms. The summed E-state index contributed by atoms with van der Waals surface area (Å²) in [4.78, 5) is 11.9. The Hall–Kier alpha value is -0.240. The summed E-state index contributed by atoms with van der Waals surface area (Å²) in [7, 11) is 0. The Morgan fingerprint density at radius 3 is 2.29 bits per heavy atom. The van der Waals surface area contributed by atoms with Crippen LogP contribution in [0.3, 0.4) is 0 Å². The summed E-state index contributed by atoms with van der Waals surface area (Å²) in [5.41, 5.74) is 0.389. The van der Waals surface area contributed by atoms with Crippen LogP contribution in [0.15, 0.2) is 0 Å². The molecule has 0 aromatic carbocycles. The van der Waals surface area contributed by atoms with Crippen LogP contribution in [0, 0.1) is 17.3 Å². The van der Waals surface area contributed by atoms with E-state index in [-0.39, 0.29) is 11.8 Å². The maximum absolute atomic E-state index is 11.9. The van der Waals surface area contributed by atoms with E-state index >= 15 is 0 Å². The van der Waals surface area contributed by atoms with Crippen molar-refractivity contribution < 1.29 is 4.79 Å². The molecule has 1 N–H and O–H groups in total. The molecule has 2 nitrogen and oxygen atoms in total. The van der Waals surface area contributed by atoms with Crippen molar-refractivity contribution in [3.63, 3.8) is 0 Å². The molecule has 0 aliphatic heterocycles. The van der Waals surface area contributed by atoms with E-state index in [4.69, 9.17) is 11.6 Å². The van der Waals surface area contributed by atoms with Gasteiger partial charge in [0.2, 0.25) is 5.91 Å². The Labute approximate surface area is 110 Å². The van der Waals surface area contributed by atoms with Crippen LogP contribution >= 0.6 is 11.6 Å². The first-order chi connectivity index (χ1) is 7.95. The molecule has 0 unspecified atom stereocenters. The maximum Gasteiger partial charge on any atom is 0.223 e. The lowest BCUT2D eigenvalue weighted by atomic mass is 9.69. The van der Waals surface area contributed by atoms with E-state index in [1.165, 1.54) is 12.8 Å². The number of hydrogen-bond donors (Lipinski definition) is 1. The Morgan fingerprint density at radius 1 is 1.24 bits per heavy atom. The Morgan fingerprint density at radius 2 is 1.82 bits per heavy atom. The van der Waals surface area contributed by atoms with Gasteiger partial charge in [-0.1, -0.05) is 20.8 Å². The molecule has 0 bridgehead atoms. The lowest BCUT2D eigenvalue weighted by Crippen LogP contribution is -2.35. The van der Waals surface area contributed by atoms with Gasteiger partial charge in [-0.25, -0.2) is 0 Å². The third kappa shape index (κ3) is 4.87. The van der Waals surface area contributed by atoms with Crippen molar-refractivity contribution in [2.24, 2.45) is 17.3 Å². The van der Waals surface area contributed by atoms with E-state index in [9.17, 15) is 4.79 Å². The number of nitrogens with one attached hydrogen (secondary N) is 1. The van der Waals surface area contributed by atoms with Crippen molar-refractivity contribution in [1.29, 1.82) is 0 Å². The predicted molar refractivity (Wildman–Crippen MR) is 73.2 cm³/mol. The number of carbonyl (C=O) groups is 1. The highest BCUT2D eigenvalue weighted by molar-refractivity contribution is 6.17. The fourth-order valence-corrected chi connectivity index (χ4v) is 2.78. The molecule has 0 saturated heterocycles. The average Bonchev–Trinajstić information content (AvgIpc) is 2.28. The number of halogens is 1. The van der Waals surface area contributed by atoms with Gasteiger partial charge in [0.05, 0.1) is 0 Å². The summed E-state index contributed by atoms with van der Waals surface area (Å²) in [6.07, 6.45) is 5.35. The Kier molecular flexibility index (Phi) is 5.78. The molecule has 17 heavy (non-hydrogen) atoms. The monoisotopic (exact) mass is 259 g/mol. The smallest absolute Gasteiger partial charge is 0.223 e. The van der Waals surface area contributed by atoms with E-state index in [2.05, 4.69) is 26.1 Å². The van der Waals surface area contributed by atoms with Crippen molar-refractivity contribution in [3.05, 3.63) is 0 Å². The van der Waals surface area contributed by atoms with Gasteiger partial charge in [0.1, 0.15) is 0 Å². The van der Waals surface area contributed by atoms with Crippen LogP contribution < -0.4 is 5.32 Å². The summed E-state index contributed by atoms with van der Waals surface area (Å²) in [6.45, 7) is 7.64. The summed E-state index contributed by atoms with van der Waals surface area (Å²) >= 11 is 5.59. The predicted octanol–water partition coefficient (Wildman–Crippen LogP) is 3.58. The standard InChI is InChI=1S/C14H26ClNO/c1-14(2,3)12-7-5-11(6-8-12)13(17)16-10-4-9-15/h11-12H,4-10H2,1-3H3,(H,16,17). The highest BCUT2D eigenvalue weighted by atomic mass is 35.5. The molecule has 0 atom stereocenters. The lowest BCUT2D eigenvalue weighted by molar-refractivity contribution is -0.126. The highest BCUT2D eigenvalue weighted by Gasteiger charge is 2.32. The van der Waals surface area contributed by atoms with Gasteiger partial charge in [-0.15, -0.1) is 11.6 Å². The van der Waals surface area contributed by atoms with Gasteiger partial charge in [0, 0.05) is 18.3 Å². The molecule has 1 saturated carbocycles. The normalized spacial score (nSPS) is 25.6. The van der Waals surface area contributed by atoms with Crippen molar-refractivity contribution in [2.45, 2.75) is 52.9 Å². The molecular weight excluding hydrogens is 234 g/mol. The first kappa shape index (κ1) is 14.8. The van der Waals surface area contributed by atoms with Crippen LogP contribution in [0.2, 0.25) is 0 Å². The van der Waals surface area contributed by atoms with Gasteiger partial charge < -0.3 is 5.32 Å². The third-order valence-electron chi connectivity index (χ3n) is 3.93. The molecule has 0 aromatic rings. The largest absolute Gasteiger partial charge is 0.356 e. The molecule has 1 aliphatic rings. The Balaban J connectivity index is 2.29. The first-order valence-electron chi connectivity index (χ1n) is 6.79. The second kappa shape index (κ2) is 6.63. The molecule has 0 aromatic heterocycles. The van der Waals surface area contributed by atoms with E-state index in [0.29, 0.717) is 11.3 Å². The third-order valence-corrected chi connectivity index (χ3v) is 4.20. The average molecular weight is 260 g/mol. The lowest BCUT2D eigenvalue weighted by Gasteiger charge is -2.36. The molecule has 1 aliphatic carbocycles. The molecule has 0 radical (unpaired) electrons. The molecular formula is C14H26ClNO. The number of hydrogen-bond acceptors (Lipinski definition) is 1. The molecule has 1 amide bonds. The van der Waals surface area contributed by atoms with E-state index in [1.807, 2.05) is 0 Å². The van der Waals surface area contributed by atoms with Gasteiger partial charge in [-0.3, -0.25) is 4.79 Å². The van der Waals surface area contributed by atoms with E-state index < -0.39 is 0 Å². The number of alkyl halides is 1. The summed E-state index contributed by atoms with van der Waals surface area (Å²) in [6, 6.07) is 0. The fraction of sp³-hybridized carbons (Fsp3) is 0.929. The van der Waals surface area contributed by atoms with Crippen molar-refractivity contribution >= 4 is 17.5 Å². The van der Waals surface area contributed by atoms with Crippen molar-refractivity contribution in [1.82, 2.24) is 5.32 Å². The van der Waals surface area contributed by atoms with Crippen LogP contribution in [-0.2, 0) is 4.79 Å². The second-order valence-corrected chi connectivity index (χ2v) is 6.63. The summed E-state index contributed by atoms with van der Waals surface area (Å²) < 4.78 is 0. The Bertz CT molecular complexity index is 239. The molecule has 1 fully saturated rings. The zero-order chi connectivity index (χ0) is 12.9. The molecule has 0 heterocycles. The van der Waals surface area contributed by atoms with Crippen LogP contribution in [-0.4, -0.2) is 18.3 Å². The second-order valence-electron chi connectivity index (χ2n) is 6.25. The minimum absolute atomic E-state index is 0.238. The number of rotatable bonds is 4. The van der Waals surface area contributed by atoms with Crippen LogP contribution in [0.25, 0.3) is 0 Å². The minimum Gasteiger partial charge on any atom is -0.356 e. The topological polar surface area (TPSA) is 29.1 Å². The van der Waals surface area contributed by atoms with Crippen LogP contribution in [0.4, 0.5) is 0 Å². The molecule has 0 spiro atoms. The maximum atomic E-state index is 11.9. The van der Waals surface area contributed by atoms with Crippen molar-refractivity contribution in [3.8, 4) is 0 Å². The van der Waals surface area contributed by atoms with Gasteiger partial charge >= 0.3 is 0 Å².